The lowest BCUT2D eigenvalue weighted by Crippen LogP contribution is -2.25. The molecule has 0 bridgehead atoms. The Kier molecular flexibility index (Phi) is 3.66. The van der Waals surface area contributed by atoms with Gasteiger partial charge in [0, 0.05) is 30.1 Å². The number of rotatable bonds is 2. The number of aliphatic hydroxyl groups excluding tert-OH is 1. The lowest BCUT2D eigenvalue weighted by molar-refractivity contribution is -0.124. The van der Waals surface area contributed by atoms with E-state index in [1.54, 1.807) is 18.3 Å². The minimum Gasteiger partial charge on any atom is -0.511 e. The third-order valence-corrected chi connectivity index (χ3v) is 4.41. The molecule has 1 fully saturated rings. The summed E-state index contributed by atoms with van der Waals surface area (Å²) in [7, 11) is 0. The van der Waals surface area contributed by atoms with Gasteiger partial charge in [-0.15, -0.1) is 11.3 Å². The monoisotopic (exact) mass is 264 g/mol. The Labute approximate surface area is 110 Å². The standard InChI is InChI=1S/C14H16O3S/c1-3-10(15)14-11(16)5-9(6-12(14)17)13-4-8(2)7-18-13/h4,7,9,15H,3,5-6H2,1-2H3. The van der Waals surface area contributed by atoms with Crippen molar-refractivity contribution in [2.24, 2.45) is 0 Å². The Balaban J connectivity index is 2.25. The van der Waals surface area contributed by atoms with Gasteiger partial charge in [0.2, 0.25) is 0 Å². The predicted molar refractivity (Wildman–Crippen MR) is 71.0 cm³/mol. The van der Waals surface area contributed by atoms with Crippen molar-refractivity contribution in [1.29, 1.82) is 0 Å². The fourth-order valence-electron chi connectivity index (χ4n) is 2.25. The number of allylic oxidation sites excluding steroid dienone is 2. The summed E-state index contributed by atoms with van der Waals surface area (Å²) in [6.07, 6.45) is 0.978. The van der Waals surface area contributed by atoms with Gasteiger partial charge in [-0.25, -0.2) is 0 Å². The van der Waals surface area contributed by atoms with Gasteiger partial charge in [0.15, 0.2) is 11.6 Å². The van der Waals surface area contributed by atoms with Crippen LogP contribution in [-0.4, -0.2) is 16.7 Å². The van der Waals surface area contributed by atoms with Crippen molar-refractivity contribution in [3.05, 3.63) is 33.2 Å². The maximum absolute atomic E-state index is 12.0. The van der Waals surface area contributed by atoms with E-state index in [9.17, 15) is 14.7 Å². The summed E-state index contributed by atoms with van der Waals surface area (Å²) < 4.78 is 0. The first-order valence-corrected chi connectivity index (χ1v) is 6.94. The van der Waals surface area contributed by atoms with E-state index in [1.807, 2.05) is 18.4 Å². The highest BCUT2D eigenvalue weighted by atomic mass is 32.1. The topological polar surface area (TPSA) is 54.4 Å². The molecule has 1 aromatic rings. The molecule has 4 heteroatoms. The molecular formula is C14H16O3S. The van der Waals surface area contributed by atoms with Crippen LogP contribution in [0.5, 0.6) is 0 Å². The Morgan fingerprint density at radius 1 is 1.39 bits per heavy atom. The van der Waals surface area contributed by atoms with Crippen LogP contribution in [-0.2, 0) is 9.59 Å². The van der Waals surface area contributed by atoms with E-state index in [1.165, 1.54) is 0 Å². The summed E-state index contributed by atoms with van der Waals surface area (Å²) in [5, 5.41) is 11.7. The van der Waals surface area contributed by atoms with Crippen molar-refractivity contribution < 1.29 is 14.7 Å². The first-order chi connectivity index (χ1) is 8.52. The molecule has 96 valence electrons. The predicted octanol–water partition coefficient (Wildman–Crippen LogP) is 3.29. The van der Waals surface area contributed by atoms with E-state index in [0.717, 1.165) is 10.4 Å². The van der Waals surface area contributed by atoms with E-state index in [2.05, 4.69) is 0 Å². The molecule has 2 rings (SSSR count). The number of carbonyl (C=O) groups excluding carboxylic acids is 2. The minimum absolute atomic E-state index is 0.0166. The van der Waals surface area contributed by atoms with Crippen molar-refractivity contribution in [1.82, 2.24) is 0 Å². The first kappa shape index (κ1) is 13.0. The van der Waals surface area contributed by atoms with E-state index < -0.39 is 0 Å². The van der Waals surface area contributed by atoms with Gasteiger partial charge in [0.1, 0.15) is 5.76 Å². The third kappa shape index (κ3) is 2.38. The summed E-state index contributed by atoms with van der Waals surface area (Å²) >= 11 is 1.59. The smallest absolute Gasteiger partial charge is 0.170 e. The third-order valence-electron chi connectivity index (χ3n) is 3.20. The Morgan fingerprint density at radius 3 is 2.44 bits per heavy atom. The zero-order valence-electron chi connectivity index (χ0n) is 10.5. The summed E-state index contributed by atoms with van der Waals surface area (Å²) in [4.78, 5) is 25.0. The van der Waals surface area contributed by atoms with Gasteiger partial charge in [0.05, 0.1) is 5.57 Å². The number of aliphatic hydroxyl groups is 1. The van der Waals surface area contributed by atoms with Gasteiger partial charge in [0.25, 0.3) is 0 Å². The van der Waals surface area contributed by atoms with E-state index >= 15 is 0 Å². The molecule has 0 spiro atoms. The molecule has 0 unspecified atom stereocenters. The maximum atomic E-state index is 12.0. The average molecular weight is 264 g/mol. The number of ketones is 2. The van der Waals surface area contributed by atoms with Gasteiger partial charge in [-0.1, -0.05) is 6.92 Å². The van der Waals surface area contributed by atoms with Gasteiger partial charge in [-0.3, -0.25) is 9.59 Å². The highest BCUT2D eigenvalue weighted by Crippen LogP contribution is 2.35. The Morgan fingerprint density at radius 2 is 2.00 bits per heavy atom. The molecule has 0 saturated heterocycles. The van der Waals surface area contributed by atoms with Crippen molar-refractivity contribution in [3.63, 3.8) is 0 Å². The molecule has 0 atom stereocenters. The first-order valence-electron chi connectivity index (χ1n) is 6.06. The number of hydrogen-bond acceptors (Lipinski definition) is 4. The Bertz CT molecular complexity index is 505. The van der Waals surface area contributed by atoms with Crippen LogP contribution in [0.25, 0.3) is 0 Å². The van der Waals surface area contributed by atoms with Crippen molar-refractivity contribution in [2.75, 3.05) is 0 Å². The summed E-state index contributed by atoms with van der Waals surface area (Å²) in [6.45, 7) is 3.73. The number of aryl methyl sites for hydroxylation is 1. The van der Waals surface area contributed by atoms with Crippen molar-refractivity contribution in [3.8, 4) is 0 Å². The number of thiophene rings is 1. The molecule has 1 aromatic heterocycles. The quantitative estimate of drug-likeness (QED) is 0.506. The van der Waals surface area contributed by atoms with Crippen molar-refractivity contribution >= 4 is 22.9 Å². The van der Waals surface area contributed by atoms with Gasteiger partial charge in [-0.05, 0) is 23.9 Å². The van der Waals surface area contributed by atoms with Crippen LogP contribution in [0, 0.1) is 6.92 Å². The molecule has 1 aliphatic rings. The van der Waals surface area contributed by atoms with Gasteiger partial charge < -0.3 is 5.11 Å². The van der Waals surface area contributed by atoms with Crippen LogP contribution in [0.1, 0.15) is 42.5 Å². The molecule has 1 saturated carbocycles. The Hall–Kier alpha value is -1.42. The molecule has 0 aliphatic heterocycles. The van der Waals surface area contributed by atoms with E-state index in [4.69, 9.17) is 0 Å². The fraction of sp³-hybridized carbons (Fsp3) is 0.429. The molecule has 3 nitrogen and oxygen atoms in total. The second-order valence-electron chi connectivity index (χ2n) is 4.65. The molecule has 1 heterocycles. The van der Waals surface area contributed by atoms with E-state index in [0.29, 0.717) is 19.3 Å². The zero-order chi connectivity index (χ0) is 13.3. The average Bonchev–Trinajstić information content (AvgIpc) is 2.74. The second kappa shape index (κ2) is 5.06. The highest BCUT2D eigenvalue weighted by molar-refractivity contribution is 7.10. The molecule has 18 heavy (non-hydrogen) atoms. The van der Waals surface area contributed by atoms with Crippen molar-refractivity contribution in [2.45, 2.75) is 39.0 Å². The van der Waals surface area contributed by atoms with Crippen LogP contribution in [0.3, 0.4) is 0 Å². The van der Waals surface area contributed by atoms with Crippen LogP contribution in [0.2, 0.25) is 0 Å². The number of Topliss-reactive ketones (excluding diaryl/α,β-unsaturated/α-hetero) is 2. The molecule has 0 amide bonds. The fourth-order valence-corrected chi connectivity index (χ4v) is 3.25. The summed E-state index contributed by atoms with van der Waals surface area (Å²) in [5.41, 5.74) is 1.19. The molecule has 1 aliphatic carbocycles. The highest BCUT2D eigenvalue weighted by Gasteiger charge is 2.33. The summed E-state index contributed by atoms with van der Waals surface area (Å²) in [6, 6.07) is 2.03. The summed E-state index contributed by atoms with van der Waals surface area (Å²) in [5.74, 6) is -0.522. The largest absolute Gasteiger partial charge is 0.511 e. The number of carbonyl (C=O) groups is 2. The molecule has 0 radical (unpaired) electrons. The van der Waals surface area contributed by atoms with Gasteiger partial charge in [-0.2, -0.15) is 0 Å². The molecular weight excluding hydrogens is 248 g/mol. The van der Waals surface area contributed by atoms with Crippen LogP contribution < -0.4 is 0 Å². The lowest BCUT2D eigenvalue weighted by Gasteiger charge is -2.21. The van der Waals surface area contributed by atoms with Crippen LogP contribution in [0.4, 0.5) is 0 Å². The maximum Gasteiger partial charge on any atom is 0.170 e. The zero-order valence-corrected chi connectivity index (χ0v) is 11.3. The van der Waals surface area contributed by atoms with E-state index in [-0.39, 0.29) is 28.8 Å². The van der Waals surface area contributed by atoms with Crippen LogP contribution in [0.15, 0.2) is 22.8 Å². The molecule has 1 N–H and O–H groups in total. The second-order valence-corrected chi connectivity index (χ2v) is 5.60. The SMILES string of the molecule is CCC(O)=C1C(=O)CC(c2cc(C)cs2)CC1=O. The molecule has 0 aromatic carbocycles. The normalized spacial score (nSPS) is 20.3. The number of hydrogen-bond donors (Lipinski definition) is 1. The van der Waals surface area contributed by atoms with Gasteiger partial charge >= 0.3 is 0 Å². The lowest BCUT2D eigenvalue weighted by atomic mass is 9.82. The van der Waals surface area contributed by atoms with Crippen LogP contribution >= 0.6 is 11.3 Å². The minimum atomic E-state index is -0.221.